The van der Waals surface area contributed by atoms with Gasteiger partial charge in [-0.15, -0.1) is 0 Å². The fourth-order valence-corrected chi connectivity index (χ4v) is 6.08. The number of pyridine rings is 2. The van der Waals surface area contributed by atoms with Crippen LogP contribution in [-0.2, 0) is 11.2 Å². The van der Waals surface area contributed by atoms with E-state index in [9.17, 15) is 9.59 Å². The van der Waals surface area contributed by atoms with Crippen LogP contribution in [0.2, 0.25) is 0 Å². The van der Waals surface area contributed by atoms with Crippen molar-refractivity contribution in [3.8, 4) is 11.1 Å². The van der Waals surface area contributed by atoms with Gasteiger partial charge in [0.15, 0.2) is 0 Å². The third-order valence-electron chi connectivity index (χ3n) is 8.31. The summed E-state index contributed by atoms with van der Waals surface area (Å²) in [5.41, 5.74) is 9.28. The van der Waals surface area contributed by atoms with Crippen LogP contribution in [0, 0.1) is 18.8 Å². The Labute approximate surface area is 247 Å². The van der Waals surface area contributed by atoms with Crippen molar-refractivity contribution in [3.05, 3.63) is 71.2 Å². The van der Waals surface area contributed by atoms with Crippen LogP contribution in [0.1, 0.15) is 67.6 Å². The molecule has 2 unspecified atom stereocenters. The molecule has 0 bridgehead atoms. The van der Waals surface area contributed by atoms with Crippen molar-refractivity contribution in [2.45, 2.75) is 59.9 Å². The normalized spacial score (nSPS) is 19.4. The van der Waals surface area contributed by atoms with Gasteiger partial charge in [-0.05, 0) is 68.5 Å². The average Bonchev–Trinajstić information content (AvgIpc) is 3.51. The molecule has 6 rings (SSSR count). The first kappa shape index (κ1) is 27.8. The smallest absolute Gasteiger partial charge is 0.254 e. The van der Waals surface area contributed by atoms with Crippen molar-refractivity contribution >= 4 is 40.3 Å². The van der Waals surface area contributed by atoms with Crippen molar-refractivity contribution in [2.75, 3.05) is 23.7 Å². The van der Waals surface area contributed by atoms with Crippen molar-refractivity contribution in [2.24, 2.45) is 16.8 Å². The summed E-state index contributed by atoms with van der Waals surface area (Å²) in [5.74, 6) is 0.894. The number of fused-ring (bicyclic) bond motifs is 2. The monoisotopic (exact) mass is 562 g/mol. The van der Waals surface area contributed by atoms with Gasteiger partial charge in [-0.2, -0.15) is 0 Å². The van der Waals surface area contributed by atoms with E-state index in [4.69, 9.17) is 9.98 Å². The van der Waals surface area contributed by atoms with Crippen molar-refractivity contribution in [1.29, 1.82) is 0 Å². The number of hydrogen-bond acceptors (Lipinski definition) is 6. The van der Waals surface area contributed by atoms with Crippen molar-refractivity contribution < 1.29 is 9.59 Å². The molecule has 0 saturated carbocycles. The first-order chi connectivity index (χ1) is 20.2. The van der Waals surface area contributed by atoms with Crippen LogP contribution < -0.4 is 10.6 Å². The Bertz CT molecular complexity index is 1630. The highest BCUT2D eigenvalue weighted by atomic mass is 16.2. The summed E-state index contributed by atoms with van der Waals surface area (Å²) in [7, 11) is 0. The van der Waals surface area contributed by atoms with Crippen LogP contribution in [0.3, 0.4) is 0 Å². The number of nitrogens with zero attached hydrogens (tertiary/aromatic N) is 4. The molecule has 1 aromatic carbocycles. The minimum atomic E-state index is -0.124. The molecule has 3 aromatic rings. The first-order valence-electron chi connectivity index (χ1n) is 14.9. The summed E-state index contributed by atoms with van der Waals surface area (Å²) in [6, 6.07) is 8.28. The molecular formula is C34H38N6O2. The van der Waals surface area contributed by atoms with Gasteiger partial charge in [-0.25, -0.2) is 4.98 Å². The molecule has 2 amide bonds. The Kier molecular flexibility index (Phi) is 7.39. The van der Waals surface area contributed by atoms with Crippen molar-refractivity contribution in [3.63, 3.8) is 0 Å². The van der Waals surface area contributed by atoms with Gasteiger partial charge in [0.2, 0.25) is 5.91 Å². The number of nitrogens with one attached hydrogen (secondary N) is 2. The zero-order chi connectivity index (χ0) is 29.5. The molecule has 2 aromatic heterocycles. The summed E-state index contributed by atoms with van der Waals surface area (Å²) in [4.78, 5) is 42.1. The highest BCUT2D eigenvalue weighted by Gasteiger charge is 2.31. The number of aryl methyl sites for hydroxylation is 1. The number of benzene rings is 1. The lowest BCUT2D eigenvalue weighted by atomic mass is 9.82. The van der Waals surface area contributed by atoms with E-state index >= 15 is 0 Å². The van der Waals surface area contributed by atoms with E-state index in [0.29, 0.717) is 5.69 Å². The van der Waals surface area contributed by atoms with E-state index in [-0.39, 0.29) is 29.7 Å². The number of hydrogen-bond donors (Lipinski definition) is 2. The molecule has 216 valence electrons. The van der Waals surface area contributed by atoms with E-state index in [1.165, 1.54) is 0 Å². The Balaban J connectivity index is 1.38. The van der Waals surface area contributed by atoms with Gasteiger partial charge in [-0.1, -0.05) is 26.8 Å². The van der Waals surface area contributed by atoms with Gasteiger partial charge < -0.3 is 15.5 Å². The zero-order valence-electron chi connectivity index (χ0n) is 25.0. The lowest BCUT2D eigenvalue weighted by Crippen LogP contribution is -2.30. The molecule has 3 aliphatic rings. The van der Waals surface area contributed by atoms with Crippen LogP contribution in [-0.4, -0.2) is 51.5 Å². The SMILES string of the molecule is Cc1cc2c(c(C(=O)N3CCCC3)c1)CC(C)C(C1=CC(C)Nc3ncc(-c4cncc(NC(=O)C(C)C)c4)cc31)=N2. The van der Waals surface area contributed by atoms with Gasteiger partial charge in [0.25, 0.3) is 5.91 Å². The highest BCUT2D eigenvalue weighted by molar-refractivity contribution is 6.28. The minimum absolute atomic E-state index is 0.0500. The highest BCUT2D eigenvalue weighted by Crippen LogP contribution is 2.40. The maximum atomic E-state index is 13.5. The molecule has 8 nitrogen and oxygen atoms in total. The van der Waals surface area contributed by atoms with E-state index in [1.807, 2.05) is 44.0 Å². The molecule has 2 atom stereocenters. The standard InChI is InChI=1S/C34H38N6O2/c1-19(2)33(41)38-25-14-23(16-35-18-25)24-15-28-27(13-22(5)37-32(28)36-17-24)31-21(4)12-26-29(10-20(3)11-30(26)39-31)34(42)40-8-6-7-9-40/h10-11,13-19,21-22H,6-9,12H2,1-5H3,(H,36,37)(H,38,41). The number of anilines is 2. The average molecular weight is 563 g/mol. The van der Waals surface area contributed by atoms with Crippen molar-refractivity contribution in [1.82, 2.24) is 14.9 Å². The second-order valence-corrected chi connectivity index (χ2v) is 12.2. The number of rotatable bonds is 5. The maximum Gasteiger partial charge on any atom is 0.254 e. The molecule has 1 fully saturated rings. The second kappa shape index (κ2) is 11.2. The van der Waals surface area contributed by atoms with Gasteiger partial charge in [0.05, 0.1) is 23.3 Å². The lowest BCUT2D eigenvalue weighted by molar-refractivity contribution is -0.118. The number of aromatic nitrogens is 2. The molecule has 0 radical (unpaired) electrons. The van der Waals surface area contributed by atoms with Gasteiger partial charge in [-0.3, -0.25) is 19.6 Å². The van der Waals surface area contributed by atoms with E-state index in [0.717, 1.165) is 88.5 Å². The van der Waals surface area contributed by atoms with Crippen LogP contribution in [0.4, 0.5) is 17.2 Å². The van der Waals surface area contributed by atoms with Crippen LogP contribution in [0.25, 0.3) is 16.7 Å². The Morgan fingerprint density at radius 2 is 1.79 bits per heavy atom. The molecule has 0 spiro atoms. The molecule has 5 heterocycles. The Morgan fingerprint density at radius 3 is 2.55 bits per heavy atom. The summed E-state index contributed by atoms with van der Waals surface area (Å²) >= 11 is 0. The van der Waals surface area contributed by atoms with Crippen LogP contribution >= 0.6 is 0 Å². The molecule has 3 aliphatic heterocycles. The molecule has 1 saturated heterocycles. The molecule has 2 N–H and O–H groups in total. The van der Waals surface area contributed by atoms with Gasteiger partial charge >= 0.3 is 0 Å². The first-order valence-corrected chi connectivity index (χ1v) is 14.9. The predicted molar refractivity (Wildman–Crippen MR) is 168 cm³/mol. The Hall–Kier alpha value is -4.33. The fraction of sp³-hybridized carbons (Fsp3) is 0.382. The summed E-state index contributed by atoms with van der Waals surface area (Å²) in [6.07, 6.45) is 10.4. The summed E-state index contributed by atoms with van der Waals surface area (Å²) in [5, 5.41) is 6.43. The van der Waals surface area contributed by atoms with Gasteiger partial charge in [0, 0.05) is 71.2 Å². The maximum absolute atomic E-state index is 13.5. The third kappa shape index (κ3) is 5.33. The van der Waals surface area contributed by atoms with Crippen LogP contribution in [0.15, 0.2) is 53.9 Å². The van der Waals surface area contributed by atoms with E-state index in [2.05, 4.69) is 47.7 Å². The Morgan fingerprint density at radius 1 is 1.02 bits per heavy atom. The quantitative estimate of drug-likeness (QED) is 0.373. The lowest BCUT2D eigenvalue weighted by Gasteiger charge is -2.30. The summed E-state index contributed by atoms with van der Waals surface area (Å²) in [6.45, 7) is 11.7. The second-order valence-electron chi connectivity index (χ2n) is 12.2. The molecule has 0 aliphatic carbocycles. The number of carbonyl (C=O) groups is 2. The number of likely N-dealkylation sites (tertiary alicyclic amines) is 1. The van der Waals surface area contributed by atoms with Gasteiger partial charge in [0.1, 0.15) is 5.82 Å². The number of amides is 2. The summed E-state index contributed by atoms with van der Waals surface area (Å²) < 4.78 is 0. The molecule has 42 heavy (non-hydrogen) atoms. The molecular weight excluding hydrogens is 524 g/mol. The van der Waals surface area contributed by atoms with Crippen LogP contribution in [0.5, 0.6) is 0 Å². The fourth-order valence-electron chi connectivity index (χ4n) is 6.08. The number of carbonyl (C=O) groups excluding carboxylic acids is 2. The number of aliphatic imine (C=N–C) groups is 1. The van der Waals surface area contributed by atoms with E-state index in [1.54, 1.807) is 12.4 Å². The largest absolute Gasteiger partial charge is 0.364 e. The topological polar surface area (TPSA) is 99.6 Å². The van der Waals surface area contributed by atoms with E-state index < -0.39 is 0 Å². The third-order valence-corrected chi connectivity index (χ3v) is 8.31. The minimum Gasteiger partial charge on any atom is -0.364 e. The molecule has 8 heteroatoms. The predicted octanol–water partition coefficient (Wildman–Crippen LogP) is 6.44. The zero-order valence-corrected chi connectivity index (χ0v) is 25.0. The number of allylic oxidation sites excluding steroid dienone is 1.